The van der Waals surface area contributed by atoms with E-state index in [1.54, 1.807) is 0 Å². The number of nitrogens with one attached hydrogen (secondary N) is 1. The molecule has 3 N–H and O–H groups in total. The first-order chi connectivity index (χ1) is 7.74. The van der Waals surface area contributed by atoms with Crippen molar-refractivity contribution in [3.05, 3.63) is 11.8 Å². The topological polar surface area (TPSA) is 55.9 Å². The maximum absolute atomic E-state index is 5.44. The Balaban J connectivity index is 2.05. The van der Waals surface area contributed by atoms with Crippen molar-refractivity contribution in [2.75, 3.05) is 18.4 Å². The Labute approximate surface area is 98.2 Å². The summed E-state index contributed by atoms with van der Waals surface area (Å²) in [7, 11) is 1.97. The van der Waals surface area contributed by atoms with E-state index < -0.39 is 0 Å². The first kappa shape index (κ1) is 13.0. The molecule has 0 amide bonds. The van der Waals surface area contributed by atoms with Crippen LogP contribution in [0.4, 0.5) is 5.82 Å². The monoisotopic (exact) mass is 224 g/mol. The van der Waals surface area contributed by atoms with E-state index in [0.717, 1.165) is 31.0 Å². The van der Waals surface area contributed by atoms with Crippen molar-refractivity contribution in [1.29, 1.82) is 0 Å². The maximum atomic E-state index is 5.44. The third-order valence-corrected chi connectivity index (χ3v) is 2.69. The van der Waals surface area contributed by atoms with E-state index in [1.807, 2.05) is 18.7 Å². The van der Waals surface area contributed by atoms with Gasteiger partial charge >= 0.3 is 0 Å². The van der Waals surface area contributed by atoms with Gasteiger partial charge < -0.3 is 11.1 Å². The quantitative estimate of drug-likeness (QED) is 0.664. The lowest BCUT2D eigenvalue weighted by atomic mass is 10.1. The summed E-state index contributed by atoms with van der Waals surface area (Å²) in [4.78, 5) is 0. The highest BCUT2D eigenvalue weighted by Gasteiger charge is 1.99. The summed E-state index contributed by atoms with van der Waals surface area (Å²) >= 11 is 0. The molecule has 0 aliphatic heterocycles. The van der Waals surface area contributed by atoms with Crippen molar-refractivity contribution in [3.8, 4) is 0 Å². The van der Waals surface area contributed by atoms with E-state index in [-0.39, 0.29) is 0 Å². The van der Waals surface area contributed by atoms with Crippen LogP contribution in [0.3, 0.4) is 0 Å². The van der Waals surface area contributed by atoms with Gasteiger partial charge in [-0.15, -0.1) is 0 Å². The fraction of sp³-hybridized carbons (Fsp3) is 0.750. The molecule has 4 heteroatoms. The summed E-state index contributed by atoms with van der Waals surface area (Å²) in [5, 5.41) is 7.69. The molecule has 0 atom stereocenters. The summed E-state index contributed by atoms with van der Waals surface area (Å²) in [5.41, 5.74) is 6.51. The number of nitrogens with zero attached hydrogens (tertiary/aromatic N) is 2. The summed E-state index contributed by atoms with van der Waals surface area (Å²) < 4.78 is 1.89. The molecule has 0 saturated heterocycles. The SMILES string of the molecule is Cc1cc(NCCCCCCCN)n(C)n1. The van der Waals surface area contributed by atoms with Crippen molar-refractivity contribution >= 4 is 5.82 Å². The molecule has 92 valence electrons. The molecule has 1 heterocycles. The largest absolute Gasteiger partial charge is 0.370 e. The van der Waals surface area contributed by atoms with Gasteiger partial charge in [0.25, 0.3) is 0 Å². The van der Waals surface area contributed by atoms with Crippen LogP contribution in [0.25, 0.3) is 0 Å². The Bertz CT molecular complexity index is 293. The van der Waals surface area contributed by atoms with Gasteiger partial charge in [-0.25, -0.2) is 0 Å². The van der Waals surface area contributed by atoms with Crippen molar-refractivity contribution in [1.82, 2.24) is 9.78 Å². The van der Waals surface area contributed by atoms with Gasteiger partial charge in [0.05, 0.1) is 5.69 Å². The smallest absolute Gasteiger partial charge is 0.124 e. The Morgan fingerprint density at radius 1 is 1.25 bits per heavy atom. The fourth-order valence-electron chi connectivity index (χ4n) is 1.79. The molecule has 16 heavy (non-hydrogen) atoms. The first-order valence-corrected chi connectivity index (χ1v) is 6.18. The number of aromatic nitrogens is 2. The van der Waals surface area contributed by atoms with Crippen molar-refractivity contribution in [3.63, 3.8) is 0 Å². The number of aryl methyl sites for hydroxylation is 2. The molecule has 1 rings (SSSR count). The zero-order valence-corrected chi connectivity index (χ0v) is 10.5. The molecule has 0 saturated carbocycles. The Kier molecular flexibility index (Phi) is 5.93. The normalized spacial score (nSPS) is 10.7. The zero-order valence-electron chi connectivity index (χ0n) is 10.5. The van der Waals surface area contributed by atoms with Gasteiger partial charge in [0, 0.05) is 19.7 Å². The second-order valence-electron chi connectivity index (χ2n) is 4.28. The van der Waals surface area contributed by atoms with Crippen LogP contribution in [-0.4, -0.2) is 22.9 Å². The number of nitrogens with two attached hydrogens (primary N) is 1. The molecular formula is C12H24N4. The molecule has 0 bridgehead atoms. The maximum Gasteiger partial charge on any atom is 0.124 e. The fourth-order valence-corrected chi connectivity index (χ4v) is 1.79. The highest BCUT2D eigenvalue weighted by atomic mass is 15.3. The molecule has 0 fully saturated rings. The van der Waals surface area contributed by atoms with Gasteiger partial charge in [0.1, 0.15) is 5.82 Å². The number of rotatable bonds is 8. The van der Waals surface area contributed by atoms with Crippen molar-refractivity contribution < 1.29 is 0 Å². The Morgan fingerprint density at radius 2 is 1.94 bits per heavy atom. The molecule has 1 aromatic rings. The molecule has 0 unspecified atom stereocenters. The van der Waals surface area contributed by atoms with E-state index in [1.165, 1.54) is 25.7 Å². The predicted octanol–water partition coefficient (Wildman–Crippen LogP) is 2.05. The van der Waals surface area contributed by atoms with E-state index in [9.17, 15) is 0 Å². The summed E-state index contributed by atoms with van der Waals surface area (Å²) in [5.74, 6) is 1.11. The number of hydrogen-bond donors (Lipinski definition) is 2. The minimum absolute atomic E-state index is 0.826. The zero-order chi connectivity index (χ0) is 11.8. The number of anilines is 1. The van der Waals surface area contributed by atoms with Crippen LogP contribution in [0, 0.1) is 6.92 Å². The second-order valence-corrected chi connectivity index (χ2v) is 4.28. The molecular weight excluding hydrogens is 200 g/mol. The third kappa shape index (κ3) is 4.66. The van der Waals surface area contributed by atoms with Gasteiger partial charge in [-0.3, -0.25) is 4.68 Å². The van der Waals surface area contributed by atoms with Crippen LogP contribution in [0.2, 0.25) is 0 Å². The molecule has 0 aliphatic carbocycles. The Morgan fingerprint density at radius 3 is 2.56 bits per heavy atom. The standard InChI is InChI=1S/C12H24N4/c1-11-10-12(16(2)15-11)14-9-7-5-3-4-6-8-13/h10,14H,3-9,13H2,1-2H3. The van der Waals surface area contributed by atoms with Gasteiger partial charge in [0.2, 0.25) is 0 Å². The first-order valence-electron chi connectivity index (χ1n) is 6.18. The second kappa shape index (κ2) is 7.28. The van der Waals surface area contributed by atoms with Crippen LogP contribution in [-0.2, 0) is 7.05 Å². The van der Waals surface area contributed by atoms with Gasteiger partial charge in [-0.1, -0.05) is 19.3 Å². The Hall–Kier alpha value is -1.03. The minimum Gasteiger partial charge on any atom is -0.370 e. The highest BCUT2D eigenvalue weighted by Crippen LogP contribution is 2.08. The average molecular weight is 224 g/mol. The average Bonchev–Trinajstić information content (AvgIpc) is 2.56. The van der Waals surface area contributed by atoms with Crippen molar-refractivity contribution in [2.45, 2.75) is 39.0 Å². The lowest BCUT2D eigenvalue weighted by Gasteiger charge is -2.05. The van der Waals surface area contributed by atoms with E-state index >= 15 is 0 Å². The summed E-state index contributed by atoms with van der Waals surface area (Å²) in [6.45, 7) is 3.87. The van der Waals surface area contributed by atoms with Crippen LogP contribution >= 0.6 is 0 Å². The third-order valence-electron chi connectivity index (χ3n) is 2.69. The molecule has 0 aromatic carbocycles. The predicted molar refractivity (Wildman–Crippen MR) is 68.6 cm³/mol. The molecule has 1 aromatic heterocycles. The van der Waals surface area contributed by atoms with E-state index in [0.29, 0.717) is 0 Å². The number of hydrogen-bond acceptors (Lipinski definition) is 3. The van der Waals surface area contributed by atoms with Gasteiger partial charge in [-0.2, -0.15) is 5.10 Å². The van der Waals surface area contributed by atoms with Gasteiger partial charge in [-0.05, 0) is 26.3 Å². The van der Waals surface area contributed by atoms with Crippen LogP contribution < -0.4 is 11.1 Å². The van der Waals surface area contributed by atoms with E-state index in [4.69, 9.17) is 5.73 Å². The van der Waals surface area contributed by atoms with Crippen LogP contribution in [0.1, 0.15) is 37.8 Å². The summed E-state index contributed by atoms with van der Waals surface area (Å²) in [6.07, 6.45) is 6.22. The van der Waals surface area contributed by atoms with Crippen molar-refractivity contribution in [2.24, 2.45) is 12.8 Å². The van der Waals surface area contributed by atoms with Crippen LogP contribution in [0.5, 0.6) is 0 Å². The molecule has 4 nitrogen and oxygen atoms in total. The molecule has 0 aliphatic rings. The van der Waals surface area contributed by atoms with E-state index in [2.05, 4.69) is 16.5 Å². The van der Waals surface area contributed by atoms with Gasteiger partial charge in [0.15, 0.2) is 0 Å². The number of unbranched alkanes of at least 4 members (excludes halogenated alkanes) is 4. The lowest BCUT2D eigenvalue weighted by Crippen LogP contribution is -2.06. The highest BCUT2D eigenvalue weighted by molar-refractivity contribution is 5.36. The van der Waals surface area contributed by atoms with Crippen LogP contribution in [0.15, 0.2) is 6.07 Å². The minimum atomic E-state index is 0.826. The molecule has 0 spiro atoms. The summed E-state index contributed by atoms with van der Waals surface area (Å²) in [6, 6.07) is 2.08. The lowest BCUT2D eigenvalue weighted by molar-refractivity contribution is 0.627. The molecule has 0 radical (unpaired) electrons.